The number of nitrogen functional groups attached to an aromatic ring is 1. The highest BCUT2D eigenvalue weighted by atomic mass is 16.6. The van der Waals surface area contributed by atoms with Gasteiger partial charge >= 0.3 is 11.8 Å². The zero-order chi connectivity index (χ0) is 22.1. The summed E-state index contributed by atoms with van der Waals surface area (Å²) in [5.41, 5.74) is 6.45. The van der Waals surface area contributed by atoms with E-state index in [1.54, 1.807) is 6.92 Å². The molecule has 1 aromatic carbocycles. The first-order valence-corrected chi connectivity index (χ1v) is 8.94. The van der Waals surface area contributed by atoms with Crippen molar-refractivity contribution in [2.24, 2.45) is 5.16 Å². The number of carbonyl (C=O) groups is 1. The molecule has 1 heterocycles. The maximum absolute atomic E-state index is 11.6. The second kappa shape index (κ2) is 10.5. The van der Waals surface area contributed by atoms with E-state index in [-0.39, 0.29) is 37.0 Å². The number of hydrogen-bond donors (Lipinski definition) is 4. The van der Waals surface area contributed by atoms with Crippen LogP contribution in [0, 0.1) is 10.1 Å². The highest BCUT2D eigenvalue weighted by Crippen LogP contribution is 2.32. The number of oxime groups is 1. The van der Waals surface area contributed by atoms with Crippen LogP contribution in [-0.4, -0.2) is 53.7 Å². The first-order chi connectivity index (χ1) is 14.3. The minimum Gasteiger partial charge on any atom is -0.450 e. The molecule has 0 unspecified atom stereocenters. The number of hydrogen-bond acceptors (Lipinski definition) is 10. The Balaban J connectivity index is 2.17. The van der Waals surface area contributed by atoms with E-state index >= 15 is 0 Å². The number of nitrogens with one attached hydrogen (secondary N) is 2. The number of nitrogens with zero attached hydrogens (tertiary/aromatic N) is 4. The Morgan fingerprint density at radius 1 is 1.40 bits per heavy atom. The molecule has 0 saturated carbocycles. The average Bonchev–Trinajstić information content (AvgIpc) is 2.71. The lowest BCUT2D eigenvalue weighted by atomic mass is 10.2. The Morgan fingerprint density at radius 2 is 2.10 bits per heavy atom. The Morgan fingerprint density at radius 3 is 2.70 bits per heavy atom. The highest BCUT2D eigenvalue weighted by Gasteiger charge is 2.22. The number of benzene rings is 1. The number of nitrogens with two attached hydrogens (primary N) is 1. The van der Waals surface area contributed by atoms with Crippen molar-refractivity contribution in [3.63, 3.8) is 0 Å². The Kier molecular flexibility index (Phi) is 7.74. The van der Waals surface area contributed by atoms with Crippen LogP contribution in [0.2, 0.25) is 0 Å². The molecule has 2 rings (SSSR count). The first-order valence-electron chi connectivity index (χ1n) is 8.94. The lowest BCUT2D eigenvalue weighted by Gasteiger charge is -2.20. The molecule has 12 heteroatoms. The molecule has 0 aliphatic rings. The third-order valence-electron chi connectivity index (χ3n) is 3.95. The summed E-state index contributed by atoms with van der Waals surface area (Å²) in [4.78, 5) is 28.0. The molecule has 0 atom stereocenters. The molecule has 2 aromatic rings. The van der Waals surface area contributed by atoms with Crippen molar-refractivity contribution >= 4 is 40.5 Å². The summed E-state index contributed by atoms with van der Waals surface area (Å²) in [6.45, 7) is 2.02. The van der Waals surface area contributed by atoms with Gasteiger partial charge in [-0.1, -0.05) is 23.4 Å². The second-order valence-corrected chi connectivity index (χ2v) is 6.10. The van der Waals surface area contributed by atoms with Gasteiger partial charge in [-0.05, 0) is 19.1 Å². The summed E-state index contributed by atoms with van der Waals surface area (Å²) < 4.78 is 4.76. The molecule has 0 radical (unpaired) electrons. The zero-order valence-corrected chi connectivity index (χ0v) is 16.5. The van der Waals surface area contributed by atoms with E-state index in [0.29, 0.717) is 5.71 Å². The van der Waals surface area contributed by atoms with Gasteiger partial charge in [0.05, 0.1) is 30.3 Å². The van der Waals surface area contributed by atoms with E-state index in [4.69, 9.17) is 10.5 Å². The van der Waals surface area contributed by atoms with Gasteiger partial charge < -0.3 is 25.9 Å². The lowest BCUT2D eigenvalue weighted by molar-refractivity contribution is -0.383. The van der Waals surface area contributed by atoms with Crippen molar-refractivity contribution in [2.45, 2.75) is 6.92 Å². The molecule has 1 amide bonds. The molecule has 0 aliphatic heterocycles. The number of anilines is 4. The monoisotopic (exact) mass is 417 g/mol. The van der Waals surface area contributed by atoms with E-state index in [1.165, 1.54) is 6.07 Å². The van der Waals surface area contributed by atoms with Crippen molar-refractivity contribution in [2.75, 3.05) is 48.0 Å². The summed E-state index contributed by atoms with van der Waals surface area (Å²) in [5, 5.41) is 29.2. The van der Waals surface area contributed by atoms with E-state index in [0.717, 1.165) is 5.69 Å². The van der Waals surface area contributed by atoms with Crippen molar-refractivity contribution in [3.8, 4) is 0 Å². The van der Waals surface area contributed by atoms with Crippen molar-refractivity contribution in [1.82, 2.24) is 4.98 Å². The topological polar surface area (TPSA) is 168 Å². The van der Waals surface area contributed by atoms with Crippen LogP contribution in [0.1, 0.15) is 6.92 Å². The average molecular weight is 417 g/mol. The summed E-state index contributed by atoms with van der Waals surface area (Å²) in [6.07, 6.45) is -0.772. The number of nitro groups is 1. The van der Waals surface area contributed by atoms with Crippen LogP contribution in [0.5, 0.6) is 0 Å². The first kappa shape index (κ1) is 22.2. The van der Waals surface area contributed by atoms with Crippen LogP contribution < -0.4 is 21.3 Å². The summed E-state index contributed by atoms with van der Waals surface area (Å²) in [7, 11) is 1.81. The lowest BCUT2D eigenvalue weighted by Crippen LogP contribution is -2.30. The van der Waals surface area contributed by atoms with Crippen molar-refractivity contribution < 1.29 is 19.7 Å². The number of amides is 1. The zero-order valence-electron chi connectivity index (χ0n) is 16.5. The van der Waals surface area contributed by atoms with Gasteiger partial charge in [-0.25, -0.2) is 9.78 Å². The van der Waals surface area contributed by atoms with Gasteiger partial charge in [0.15, 0.2) is 0 Å². The van der Waals surface area contributed by atoms with Crippen LogP contribution in [0.3, 0.4) is 0 Å². The minimum atomic E-state index is -0.772. The van der Waals surface area contributed by atoms with Gasteiger partial charge in [-0.3, -0.25) is 15.4 Å². The Bertz CT molecular complexity index is 921. The van der Waals surface area contributed by atoms with Crippen molar-refractivity contribution in [1.29, 1.82) is 0 Å². The van der Waals surface area contributed by atoms with Crippen LogP contribution in [0.25, 0.3) is 0 Å². The van der Waals surface area contributed by atoms with E-state index in [1.807, 2.05) is 42.3 Å². The maximum atomic E-state index is 11.6. The fraction of sp³-hybridized carbons (Fsp3) is 0.278. The number of ether oxygens (including phenoxy) is 1. The van der Waals surface area contributed by atoms with Crippen LogP contribution in [0.15, 0.2) is 41.6 Å². The Labute approximate surface area is 172 Å². The standard InChI is InChI=1S/C18H23N7O5/c1-3-30-18(26)22-15-9-14(16(25(28)29)17(19)21-15)20-10-12(23-27)11-24(2)13-7-5-4-6-8-13/h4-9,27H,3,10-11H2,1-2H3,(H4,19,20,21,22,26). The smallest absolute Gasteiger partial charge is 0.412 e. The quantitative estimate of drug-likeness (QED) is 0.207. The van der Waals surface area contributed by atoms with Crippen LogP contribution >= 0.6 is 0 Å². The van der Waals surface area contributed by atoms with Crippen LogP contribution in [-0.2, 0) is 4.74 Å². The van der Waals surface area contributed by atoms with E-state index in [9.17, 15) is 20.1 Å². The normalized spacial score (nSPS) is 10.9. The van der Waals surface area contributed by atoms with Gasteiger partial charge in [0.1, 0.15) is 11.5 Å². The largest absolute Gasteiger partial charge is 0.450 e. The summed E-state index contributed by atoms with van der Waals surface area (Å²) in [5.74, 6) is -0.413. The molecule has 30 heavy (non-hydrogen) atoms. The van der Waals surface area contributed by atoms with Gasteiger partial charge in [-0.15, -0.1) is 0 Å². The van der Waals surface area contributed by atoms with Crippen molar-refractivity contribution in [3.05, 3.63) is 46.5 Å². The van der Waals surface area contributed by atoms with Gasteiger partial charge in [0.2, 0.25) is 5.82 Å². The third kappa shape index (κ3) is 5.95. The number of pyridine rings is 1. The summed E-state index contributed by atoms with van der Waals surface area (Å²) >= 11 is 0. The fourth-order valence-electron chi connectivity index (χ4n) is 2.59. The minimum absolute atomic E-state index is 0.00260. The molecule has 0 saturated heterocycles. The predicted molar refractivity (Wildman–Crippen MR) is 113 cm³/mol. The molecular weight excluding hydrogens is 394 g/mol. The SMILES string of the molecule is CCOC(=O)Nc1cc(NCC(CN(C)c2ccccc2)=NO)c([N+](=O)[O-])c(N)n1. The number of carbonyl (C=O) groups excluding carboxylic acids is 1. The van der Waals surface area contributed by atoms with E-state index in [2.05, 4.69) is 20.8 Å². The molecule has 5 N–H and O–H groups in total. The molecule has 12 nitrogen and oxygen atoms in total. The molecule has 0 aliphatic carbocycles. The fourth-order valence-corrected chi connectivity index (χ4v) is 2.59. The van der Waals surface area contributed by atoms with E-state index < -0.39 is 16.7 Å². The van der Waals surface area contributed by atoms with Crippen LogP contribution in [0.4, 0.5) is 33.5 Å². The molecule has 160 valence electrons. The predicted octanol–water partition coefficient (Wildman–Crippen LogP) is 2.52. The molecule has 0 spiro atoms. The summed E-state index contributed by atoms with van der Waals surface area (Å²) in [6, 6.07) is 10.7. The second-order valence-electron chi connectivity index (χ2n) is 6.10. The molecule has 0 bridgehead atoms. The van der Waals surface area contributed by atoms with Gasteiger partial charge in [0, 0.05) is 18.8 Å². The maximum Gasteiger partial charge on any atom is 0.412 e. The molecular formula is C18H23N7O5. The van der Waals surface area contributed by atoms with Gasteiger partial charge in [-0.2, -0.15) is 0 Å². The Hall–Kier alpha value is -4.09. The van der Waals surface area contributed by atoms with Gasteiger partial charge in [0.25, 0.3) is 0 Å². The number of para-hydroxylation sites is 1. The molecule has 1 aromatic heterocycles. The number of aromatic nitrogens is 1. The molecule has 0 fully saturated rings. The highest BCUT2D eigenvalue weighted by molar-refractivity contribution is 5.93. The third-order valence-corrected chi connectivity index (χ3v) is 3.95. The number of rotatable bonds is 9.